The van der Waals surface area contributed by atoms with Gasteiger partial charge in [0.15, 0.2) is 5.69 Å². The number of pyridine rings is 1. The quantitative estimate of drug-likeness (QED) is 0.340. The van der Waals surface area contributed by atoms with Crippen LogP contribution in [0.1, 0.15) is 35.5 Å². The van der Waals surface area contributed by atoms with Gasteiger partial charge in [0.2, 0.25) is 5.91 Å². The summed E-state index contributed by atoms with van der Waals surface area (Å²) in [5.41, 5.74) is 5.35. The van der Waals surface area contributed by atoms with E-state index in [2.05, 4.69) is 40.1 Å². The average Bonchev–Trinajstić information content (AvgIpc) is 3.30. The number of allylic oxidation sites excluding steroid dienone is 3. The molecule has 5 rings (SSSR count). The molecule has 3 aromatic rings. The van der Waals surface area contributed by atoms with Gasteiger partial charge in [0.25, 0.3) is 5.91 Å². The first-order chi connectivity index (χ1) is 17.9. The van der Waals surface area contributed by atoms with Crippen LogP contribution in [0.2, 0.25) is 0 Å². The monoisotopic (exact) mass is 494 g/mol. The number of carbonyl (C=O) groups excluding carboxylic acids is 2. The summed E-state index contributed by atoms with van der Waals surface area (Å²) in [6.07, 6.45) is 10.3. The van der Waals surface area contributed by atoms with Gasteiger partial charge in [-0.25, -0.2) is 4.68 Å². The number of hydrogen-bond donors (Lipinski definition) is 1. The van der Waals surface area contributed by atoms with E-state index in [0.717, 1.165) is 34.4 Å². The molecule has 2 aliphatic rings. The van der Waals surface area contributed by atoms with Crippen LogP contribution in [0.5, 0.6) is 0 Å². The summed E-state index contributed by atoms with van der Waals surface area (Å²) in [4.78, 5) is 36.9. The van der Waals surface area contributed by atoms with Gasteiger partial charge in [0.05, 0.1) is 5.69 Å². The number of rotatable bonds is 4. The summed E-state index contributed by atoms with van der Waals surface area (Å²) in [6.45, 7) is 8.14. The smallest absolute Gasteiger partial charge is 0.275 e. The molecule has 1 fully saturated rings. The van der Waals surface area contributed by atoms with E-state index in [-0.39, 0.29) is 11.8 Å². The lowest BCUT2D eigenvalue weighted by Gasteiger charge is -2.40. The number of nitrogens with one attached hydrogen (secondary N) is 1. The van der Waals surface area contributed by atoms with Crippen LogP contribution in [0.15, 0.2) is 72.5 Å². The molecule has 0 spiro atoms. The molecule has 0 bridgehead atoms. The fraction of sp³-hybridized carbons (Fsp3) is 0.276. The van der Waals surface area contributed by atoms with E-state index in [0.29, 0.717) is 31.0 Å². The fourth-order valence-corrected chi connectivity index (χ4v) is 5.07. The molecule has 0 radical (unpaired) electrons. The van der Waals surface area contributed by atoms with E-state index >= 15 is 0 Å². The second-order valence-electron chi connectivity index (χ2n) is 9.65. The first-order valence-corrected chi connectivity index (χ1v) is 12.4. The highest BCUT2D eigenvalue weighted by Gasteiger charge is 2.43. The Hall–Kier alpha value is -4.33. The molecular formula is C29H30N6O2. The number of piperazine rings is 1. The highest BCUT2D eigenvalue weighted by atomic mass is 16.2. The van der Waals surface area contributed by atoms with Crippen LogP contribution in [0, 0.1) is 0 Å². The molecule has 1 aromatic carbocycles. The second-order valence-corrected chi connectivity index (χ2v) is 9.65. The van der Waals surface area contributed by atoms with Gasteiger partial charge in [-0.2, -0.15) is 5.10 Å². The van der Waals surface area contributed by atoms with Crippen molar-refractivity contribution in [3.63, 3.8) is 0 Å². The molecule has 1 N–H and O–H groups in total. The molecule has 1 aliphatic carbocycles. The van der Waals surface area contributed by atoms with Gasteiger partial charge in [-0.3, -0.25) is 19.6 Å². The Balaban J connectivity index is 1.70. The Morgan fingerprint density at radius 2 is 2.05 bits per heavy atom. The predicted molar refractivity (Wildman–Crippen MR) is 145 cm³/mol. The van der Waals surface area contributed by atoms with Gasteiger partial charge >= 0.3 is 0 Å². The molecule has 2 aromatic heterocycles. The van der Waals surface area contributed by atoms with Gasteiger partial charge in [-0.15, -0.1) is 0 Å². The molecule has 37 heavy (non-hydrogen) atoms. The van der Waals surface area contributed by atoms with E-state index in [1.165, 1.54) is 5.56 Å². The van der Waals surface area contributed by atoms with Crippen LogP contribution in [-0.2, 0) is 17.6 Å². The number of aromatic nitrogens is 3. The van der Waals surface area contributed by atoms with Crippen LogP contribution in [0.3, 0.4) is 0 Å². The summed E-state index contributed by atoms with van der Waals surface area (Å²) in [6, 6.07) is 10.3. The average molecular weight is 495 g/mol. The van der Waals surface area contributed by atoms with Crippen molar-refractivity contribution in [1.82, 2.24) is 25.0 Å². The molecule has 8 heteroatoms. The predicted octanol–water partition coefficient (Wildman–Crippen LogP) is 3.68. The summed E-state index contributed by atoms with van der Waals surface area (Å²) in [5, 5.41) is 7.71. The van der Waals surface area contributed by atoms with Gasteiger partial charge in [0, 0.05) is 49.2 Å². The number of amides is 2. The molecule has 1 saturated heterocycles. The Labute approximate surface area is 216 Å². The largest absolute Gasteiger partial charge is 0.352 e. The van der Waals surface area contributed by atoms with Crippen molar-refractivity contribution in [3.8, 4) is 22.4 Å². The molecular weight excluding hydrogens is 464 g/mol. The topological polar surface area (TPSA) is 92.5 Å². The fourth-order valence-electron chi connectivity index (χ4n) is 5.07. The first kappa shape index (κ1) is 24.4. The third-order valence-electron chi connectivity index (χ3n) is 7.11. The van der Waals surface area contributed by atoms with E-state index in [1.54, 1.807) is 48.8 Å². The van der Waals surface area contributed by atoms with Crippen molar-refractivity contribution in [2.45, 2.75) is 32.2 Å². The lowest BCUT2D eigenvalue weighted by Crippen LogP contribution is -2.63. The molecule has 1 aliphatic heterocycles. The zero-order valence-electron chi connectivity index (χ0n) is 21.4. The summed E-state index contributed by atoms with van der Waals surface area (Å²) < 4.78 is 1.75. The summed E-state index contributed by atoms with van der Waals surface area (Å²) in [5.74, 6) is 0.173. The summed E-state index contributed by atoms with van der Waals surface area (Å²) in [7, 11) is 1.70. The van der Waals surface area contributed by atoms with E-state index < -0.39 is 5.54 Å². The minimum Gasteiger partial charge on any atom is -0.352 e. The number of benzene rings is 1. The zero-order chi connectivity index (χ0) is 26.2. The minimum absolute atomic E-state index is 0.170. The Morgan fingerprint density at radius 3 is 2.78 bits per heavy atom. The van der Waals surface area contributed by atoms with Crippen LogP contribution in [-0.4, -0.2) is 63.0 Å². The van der Waals surface area contributed by atoms with Crippen molar-refractivity contribution >= 4 is 17.6 Å². The Bertz CT molecular complexity index is 1450. The highest BCUT2D eigenvalue weighted by molar-refractivity contribution is 6.04. The molecule has 3 heterocycles. The van der Waals surface area contributed by atoms with Gasteiger partial charge < -0.3 is 10.2 Å². The molecule has 0 saturated carbocycles. The maximum atomic E-state index is 14.0. The lowest BCUT2D eigenvalue weighted by molar-refractivity contribution is -0.133. The molecule has 0 unspecified atom stereocenters. The van der Waals surface area contributed by atoms with Gasteiger partial charge in [0.1, 0.15) is 11.4 Å². The lowest BCUT2D eigenvalue weighted by atomic mass is 9.86. The van der Waals surface area contributed by atoms with E-state index in [1.807, 2.05) is 24.4 Å². The third kappa shape index (κ3) is 4.18. The molecule has 188 valence electrons. The maximum absolute atomic E-state index is 14.0. The van der Waals surface area contributed by atoms with Crippen LogP contribution in [0.25, 0.3) is 22.4 Å². The van der Waals surface area contributed by atoms with E-state index in [9.17, 15) is 9.59 Å². The number of aliphatic imine (C=N–C) groups is 1. The van der Waals surface area contributed by atoms with Gasteiger partial charge in [-0.1, -0.05) is 36.9 Å². The maximum Gasteiger partial charge on any atom is 0.275 e. The minimum atomic E-state index is -0.976. The number of nitrogens with zero attached hydrogens (tertiary/aromatic N) is 5. The van der Waals surface area contributed by atoms with Crippen LogP contribution < -0.4 is 5.32 Å². The highest BCUT2D eigenvalue weighted by Crippen LogP contribution is 2.39. The van der Waals surface area contributed by atoms with Crippen LogP contribution in [0.4, 0.5) is 0 Å². The Kier molecular flexibility index (Phi) is 6.33. The van der Waals surface area contributed by atoms with Crippen molar-refractivity contribution in [3.05, 3.63) is 84.4 Å². The van der Waals surface area contributed by atoms with Crippen LogP contribution >= 0.6 is 0 Å². The Morgan fingerprint density at radius 1 is 1.22 bits per heavy atom. The second kappa shape index (κ2) is 9.61. The molecule has 2 amide bonds. The summed E-state index contributed by atoms with van der Waals surface area (Å²) >= 11 is 0. The van der Waals surface area contributed by atoms with Crippen molar-refractivity contribution in [1.29, 1.82) is 0 Å². The standard InChI is InChI=1S/C29H30N6O2/c1-5-6-9-24(30-4)35-26-22(25(33-35)27(36)34-16-15-32-28(37)29(34,2)3)13-12-19-10-11-20(17-23(19)26)21-8-7-14-31-18-21/h5-11,14,17-18H,1,12-13,15-16H2,2-4H3,(H,32,37)/b9-6-,30-24?. The normalized spacial score (nSPS) is 16.8. The van der Waals surface area contributed by atoms with Crippen molar-refractivity contribution in [2.24, 2.45) is 4.99 Å². The van der Waals surface area contributed by atoms with Crippen molar-refractivity contribution < 1.29 is 9.59 Å². The number of aryl methyl sites for hydroxylation is 1. The van der Waals surface area contributed by atoms with Gasteiger partial charge in [-0.05, 0) is 56.0 Å². The number of fused-ring (bicyclic) bond motifs is 3. The molecule has 0 atom stereocenters. The SMILES string of the molecule is C=C/C=C\C(=NC)n1nc(C(=O)N2CCNC(=O)C2(C)C)c2c1-c1cc(-c3cccnc3)ccc1CC2. The zero-order valence-corrected chi connectivity index (χ0v) is 21.4. The van der Waals surface area contributed by atoms with E-state index in [4.69, 9.17) is 5.10 Å². The third-order valence-corrected chi connectivity index (χ3v) is 7.11. The number of hydrogen-bond acceptors (Lipinski definition) is 5. The number of carbonyl (C=O) groups is 2. The molecule has 8 nitrogen and oxygen atoms in total. The first-order valence-electron chi connectivity index (χ1n) is 12.4. The van der Waals surface area contributed by atoms with Crippen molar-refractivity contribution in [2.75, 3.05) is 20.1 Å².